The molecule has 44 heavy (non-hydrogen) atoms. The number of benzene rings is 3. The summed E-state index contributed by atoms with van der Waals surface area (Å²) in [5.41, 5.74) is 6.11. The molecule has 5 rings (SSSR count). The Bertz CT molecular complexity index is 1810. The van der Waals surface area contributed by atoms with Crippen LogP contribution >= 0.6 is 11.6 Å². The average Bonchev–Trinajstić information content (AvgIpc) is 3.40. The van der Waals surface area contributed by atoms with Gasteiger partial charge in [-0.1, -0.05) is 41.1 Å². The van der Waals surface area contributed by atoms with Crippen LogP contribution in [0.5, 0.6) is 11.5 Å². The number of phenolic OH excluding ortho intramolecular Hbond substituents is 1. The third-order valence-electron chi connectivity index (χ3n) is 7.96. The Morgan fingerprint density at radius 3 is 2.70 bits per heavy atom. The number of aliphatic hydroxyl groups excluding tert-OH is 1. The fourth-order valence-corrected chi connectivity index (χ4v) is 6.82. The molecule has 4 aromatic rings. The van der Waals surface area contributed by atoms with Crippen molar-refractivity contribution in [3.8, 4) is 11.5 Å². The molecule has 1 unspecified atom stereocenters. The van der Waals surface area contributed by atoms with Crippen molar-refractivity contribution in [2.75, 3.05) is 13.2 Å². The van der Waals surface area contributed by atoms with E-state index in [1.807, 2.05) is 48.9 Å². The second-order valence-electron chi connectivity index (χ2n) is 10.8. The minimum absolute atomic E-state index is 0.0141. The summed E-state index contributed by atoms with van der Waals surface area (Å²) in [5.74, 6) is -0.838. The lowest BCUT2D eigenvalue weighted by Crippen LogP contribution is -2.37. The molecule has 0 radical (unpaired) electrons. The van der Waals surface area contributed by atoms with Crippen LogP contribution in [-0.4, -0.2) is 57.1 Å². The molecule has 0 amide bonds. The van der Waals surface area contributed by atoms with Gasteiger partial charge in [0.2, 0.25) is 0 Å². The van der Waals surface area contributed by atoms with Gasteiger partial charge in [0, 0.05) is 37.7 Å². The number of unbranched alkanes of at least 4 members (excludes halogenated alkanes) is 1. The minimum Gasteiger partial charge on any atom is -0.506 e. The van der Waals surface area contributed by atoms with Crippen molar-refractivity contribution in [1.82, 2.24) is 19.3 Å². The average molecular weight is 643 g/mol. The van der Waals surface area contributed by atoms with Gasteiger partial charge in [0.15, 0.2) is 0 Å². The first kappa shape index (κ1) is 31.7. The van der Waals surface area contributed by atoms with Crippen LogP contribution in [0.15, 0.2) is 42.5 Å². The van der Waals surface area contributed by atoms with Crippen molar-refractivity contribution in [2.45, 2.75) is 65.6 Å². The third-order valence-corrected chi connectivity index (χ3v) is 9.66. The van der Waals surface area contributed by atoms with E-state index in [-0.39, 0.29) is 55.2 Å². The van der Waals surface area contributed by atoms with Gasteiger partial charge in [0.05, 0.1) is 23.6 Å². The molecule has 0 spiro atoms. The highest BCUT2D eigenvalue weighted by Gasteiger charge is 2.34. The van der Waals surface area contributed by atoms with Gasteiger partial charge in [0.25, 0.3) is 0 Å². The molecule has 0 saturated carbocycles. The number of aliphatic hydroxyl groups is 1. The predicted molar refractivity (Wildman–Crippen MR) is 165 cm³/mol. The first-order chi connectivity index (χ1) is 21.0. The molecule has 1 aromatic heterocycles. The van der Waals surface area contributed by atoms with Crippen LogP contribution < -0.4 is 4.18 Å². The number of carbonyl (C=O) groups is 1. The number of hydrogen-bond acceptors (Lipinski definition) is 9. The molecule has 11 nitrogen and oxygen atoms in total. The Labute approximate surface area is 261 Å². The van der Waals surface area contributed by atoms with Crippen LogP contribution in [0.1, 0.15) is 65.5 Å². The van der Waals surface area contributed by atoms with Crippen LogP contribution in [0.4, 0.5) is 0 Å². The second-order valence-corrected chi connectivity index (χ2v) is 12.7. The van der Waals surface area contributed by atoms with E-state index in [1.54, 1.807) is 6.92 Å². The van der Waals surface area contributed by atoms with Gasteiger partial charge in [-0.15, -0.1) is 5.10 Å². The van der Waals surface area contributed by atoms with E-state index in [9.17, 15) is 18.3 Å². The Kier molecular flexibility index (Phi) is 9.45. The summed E-state index contributed by atoms with van der Waals surface area (Å²) in [6.07, 6.45) is 1.51. The van der Waals surface area contributed by atoms with Gasteiger partial charge in [0.1, 0.15) is 17.0 Å². The summed E-state index contributed by atoms with van der Waals surface area (Å²) in [7, 11) is -4.14. The SMILES string of the molecule is CCOC(=O)CC(c1ccc(C)c(CN2Cc3c(ccc(O)c3Cl)OS2(=O)=O)c1)c1ccc2c(nnn2CCCCO)c1C. The standard InChI is InChI=1S/C31H35ClN4O7S/c1-4-42-29(39)16-24(23-9-10-26-31(20(23)3)33-34-36(26)13-5-6-14-37)21-8-7-19(2)22(15-21)17-35-18-25-28(43-44(35,40)41)12-11-27(38)30(25)32/h7-12,15,24,37-38H,4-6,13-14,16-18H2,1-3H3. The Morgan fingerprint density at radius 2 is 1.95 bits per heavy atom. The van der Waals surface area contributed by atoms with E-state index in [4.69, 9.17) is 25.6 Å². The Hall–Kier alpha value is -3.71. The summed E-state index contributed by atoms with van der Waals surface area (Å²) in [5, 5.41) is 28.0. The molecular formula is C31H35ClN4O7S. The first-order valence-electron chi connectivity index (χ1n) is 14.4. The van der Waals surface area contributed by atoms with E-state index < -0.39 is 16.2 Å². The Balaban J connectivity index is 1.51. The largest absolute Gasteiger partial charge is 0.506 e. The van der Waals surface area contributed by atoms with Crippen molar-refractivity contribution in [1.29, 1.82) is 0 Å². The van der Waals surface area contributed by atoms with Crippen LogP contribution in [0, 0.1) is 13.8 Å². The topological polar surface area (TPSA) is 144 Å². The lowest BCUT2D eigenvalue weighted by molar-refractivity contribution is -0.143. The molecular weight excluding hydrogens is 608 g/mol. The summed E-state index contributed by atoms with van der Waals surface area (Å²) in [4.78, 5) is 12.8. The highest BCUT2D eigenvalue weighted by atomic mass is 35.5. The zero-order valence-electron chi connectivity index (χ0n) is 24.8. The molecule has 1 aliphatic heterocycles. The summed E-state index contributed by atoms with van der Waals surface area (Å²) < 4.78 is 39.8. The summed E-state index contributed by atoms with van der Waals surface area (Å²) >= 11 is 6.29. The van der Waals surface area contributed by atoms with E-state index in [2.05, 4.69) is 10.3 Å². The number of aromatic nitrogens is 3. The predicted octanol–water partition coefficient (Wildman–Crippen LogP) is 4.90. The van der Waals surface area contributed by atoms with Gasteiger partial charge in [-0.25, -0.2) is 4.68 Å². The molecule has 1 atom stereocenters. The van der Waals surface area contributed by atoms with E-state index in [1.165, 1.54) is 16.4 Å². The van der Waals surface area contributed by atoms with E-state index in [0.29, 0.717) is 18.5 Å². The fourth-order valence-electron chi connectivity index (χ4n) is 5.53. The number of nitrogens with zero attached hydrogens (tertiary/aromatic N) is 4. The second kappa shape index (κ2) is 13.1. The number of hydrogen-bond donors (Lipinski definition) is 2. The number of rotatable bonds is 11. The smallest absolute Gasteiger partial charge is 0.385 e. The maximum Gasteiger partial charge on any atom is 0.385 e. The molecule has 0 saturated heterocycles. The highest BCUT2D eigenvalue weighted by molar-refractivity contribution is 7.84. The minimum atomic E-state index is -4.14. The number of fused-ring (bicyclic) bond motifs is 2. The number of aryl methyl sites for hydroxylation is 3. The zero-order valence-corrected chi connectivity index (χ0v) is 26.4. The lowest BCUT2D eigenvalue weighted by atomic mass is 9.84. The van der Waals surface area contributed by atoms with Crippen molar-refractivity contribution in [3.05, 3.63) is 80.9 Å². The number of phenols is 1. The normalized spacial score (nSPS) is 15.1. The number of carbonyl (C=O) groups excluding carboxylic acids is 1. The third kappa shape index (κ3) is 6.39. The van der Waals surface area contributed by atoms with Crippen molar-refractivity contribution >= 4 is 38.9 Å². The first-order valence-corrected chi connectivity index (χ1v) is 16.2. The molecule has 1 aliphatic rings. The van der Waals surface area contributed by atoms with Crippen molar-refractivity contribution < 1.29 is 32.3 Å². The van der Waals surface area contributed by atoms with Crippen LogP contribution in [0.3, 0.4) is 0 Å². The van der Waals surface area contributed by atoms with Crippen LogP contribution in [-0.2, 0) is 39.5 Å². The summed E-state index contributed by atoms with van der Waals surface area (Å²) in [6.45, 7) is 6.49. The molecule has 2 N–H and O–H groups in total. The molecule has 0 bridgehead atoms. The highest BCUT2D eigenvalue weighted by Crippen LogP contribution is 2.40. The molecule has 0 fully saturated rings. The summed E-state index contributed by atoms with van der Waals surface area (Å²) in [6, 6.07) is 12.3. The maximum absolute atomic E-state index is 13.1. The van der Waals surface area contributed by atoms with Gasteiger partial charge in [-0.3, -0.25) is 4.79 Å². The molecule has 0 aliphatic carbocycles. The van der Waals surface area contributed by atoms with Crippen LogP contribution in [0.25, 0.3) is 11.0 Å². The molecule has 234 valence electrons. The quantitative estimate of drug-likeness (QED) is 0.172. The van der Waals surface area contributed by atoms with Crippen molar-refractivity contribution in [2.24, 2.45) is 0 Å². The van der Waals surface area contributed by atoms with Gasteiger partial charge in [-0.2, -0.15) is 12.7 Å². The number of aromatic hydroxyl groups is 1. The van der Waals surface area contributed by atoms with Gasteiger partial charge < -0.3 is 19.1 Å². The van der Waals surface area contributed by atoms with E-state index in [0.717, 1.165) is 45.3 Å². The fraction of sp³-hybridized carbons (Fsp3) is 0.387. The molecule has 2 heterocycles. The van der Waals surface area contributed by atoms with Gasteiger partial charge in [-0.05, 0) is 79.6 Å². The van der Waals surface area contributed by atoms with E-state index >= 15 is 0 Å². The maximum atomic E-state index is 13.1. The monoisotopic (exact) mass is 642 g/mol. The van der Waals surface area contributed by atoms with Crippen LogP contribution in [0.2, 0.25) is 5.02 Å². The number of esters is 1. The lowest BCUT2D eigenvalue weighted by Gasteiger charge is -2.29. The Morgan fingerprint density at radius 1 is 1.16 bits per heavy atom. The van der Waals surface area contributed by atoms with Gasteiger partial charge >= 0.3 is 16.3 Å². The zero-order chi connectivity index (χ0) is 31.6. The number of halogens is 1. The molecule has 3 aromatic carbocycles. The number of ether oxygens (including phenoxy) is 1. The molecule has 13 heteroatoms. The van der Waals surface area contributed by atoms with Crippen molar-refractivity contribution in [3.63, 3.8) is 0 Å².